The summed E-state index contributed by atoms with van der Waals surface area (Å²) in [5, 5.41) is 29.2. The molecule has 0 aromatic carbocycles. The molecule has 0 aliphatic carbocycles. The van der Waals surface area contributed by atoms with Gasteiger partial charge in [-0.2, -0.15) is 5.10 Å². The molecule has 0 saturated carbocycles. The van der Waals surface area contributed by atoms with E-state index in [-0.39, 0.29) is 0 Å². The molecule has 2 aliphatic heterocycles. The van der Waals surface area contributed by atoms with Crippen molar-refractivity contribution in [2.45, 2.75) is 57.3 Å². The summed E-state index contributed by atoms with van der Waals surface area (Å²) in [6.07, 6.45) is 2.76. The smallest absolute Gasteiger partial charge is 0.154 e. The highest BCUT2D eigenvalue weighted by Crippen LogP contribution is 2.40. The number of anilines is 1. The zero-order valence-electron chi connectivity index (χ0n) is 13.5. The van der Waals surface area contributed by atoms with E-state index < -0.39 is 17.3 Å². The molecule has 2 saturated heterocycles. The van der Waals surface area contributed by atoms with Gasteiger partial charge in [-0.05, 0) is 44.7 Å². The predicted molar refractivity (Wildman–Crippen MR) is 82.9 cm³/mol. The lowest BCUT2D eigenvalue weighted by molar-refractivity contribution is -0.239. The molecule has 2 atom stereocenters. The van der Waals surface area contributed by atoms with Crippen LogP contribution in [0.15, 0.2) is 6.20 Å². The van der Waals surface area contributed by atoms with E-state index in [2.05, 4.69) is 22.0 Å². The Hall–Kier alpha value is -1.24. The van der Waals surface area contributed by atoms with Crippen LogP contribution in [0.25, 0.3) is 0 Å². The molecule has 2 aliphatic rings. The van der Waals surface area contributed by atoms with E-state index in [1.807, 2.05) is 6.92 Å². The Balaban J connectivity index is 1.76. The maximum absolute atomic E-state index is 10.5. The zero-order chi connectivity index (χ0) is 16.0. The van der Waals surface area contributed by atoms with Crippen molar-refractivity contribution in [2.24, 2.45) is 0 Å². The number of ether oxygens (including phenoxy) is 1. The highest BCUT2D eigenvalue weighted by atomic mass is 16.5. The fourth-order valence-electron chi connectivity index (χ4n) is 3.58. The van der Waals surface area contributed by atoms with Gasteiger partial charge in [0, 0.05) is 19.5 Å². The maximum atomic E-state index is 10.5. The van der Waals surface area contributed by atoms with E-state index in [9.17, 15) is 10.2 Å². The van der Waals surface area contributed by atoms with Gasteiger partial charge in [0.15, 0.2) is 5.82 Å². The van der Waals surface area contributed by atoms with Crippen LogP contribution >= 0.6 is 0 Å². The predicted octanol–water partition coefficient (Wildman–Crippen LogP) is 0.965. The van der Waals surface area contributed by atoms with Crippen molar-refractivity contribution in [3.8, 4) is 0 Å². The van der Waals surface area contributed by atoms with E-state index >= 15 is 0 Å². The molecule has 0 unspecified atom stereocenters. The number of aromatic nitrogens is 2. The molecule has 6 nitrogen and oxygen atoms in total. The van der Waals surface area contributed by atoms with Gasteiger partial charge in [0.25, 0.3) is 0 Å². The highest BCUT2D eigenvalue weighted by molar-refractivity contribution is 5.48. The molecule has 2 fully saturated rings. The second kappa shape index (κ2) is 5.44. The van der Waals surface area contributed by atoms with Crippen molar-refractivity contribution < 1.29 is 14.9 Å². The largest absolute Gasteiger partial charge is 0.387 e. The lowest BCUT2D eigenvalue weighted by atomic mass is 9.75. The van der Waals surface area contributed by atoms with Crippen molar-refractivity contribution in [2.75, 3.05) is 24.6 Å². The first kappa shape index (κ1) is 15.6. The number of nitrogens with zero attached hydrogens (tertiary/aromatic N) is 3. The third-order valence-electron chi connectivity index (χ3n) is 5.33. The summed E-state index contributed by atoms with van der Waals surface area (Å²) in [5.41, 5.74) is 0.563. The van der Waals surface area contributed by atoms with E-state index in [0.29, 0.717) is 25.9 Å². The molecule has 22 heavy (non-hydrogen) atoms. The minimum absolute atomic E-state index is 0.474. The molecule has 122 valence electrons. The minimum Gasteiger partial charge on any atom is -0.387 e. The fourth-order valence-corrected chi connectivity index (χ4v) is 3.58. The molecule has 1 aromatic rings. The van der Waals surface area contributed by atoms with Crippen LogP contribution in [0.2, 0.25) is 0 Å². The van der Waals surface area contributed by atoms with Crippen LogP contribution in [-0.4, -0.2) is 57.4 Å². The Bertz CT molecular complexity index is 554. The summed E-state index contributed by atoms with van der Waals surface area (Å²) >= 11 is 0. The van der Waals surface area contributed by atoms with Crippen LogP contribution < -0.4 is 4.90 Å². The van der Waals surface area contributed by atoms with Crippen molar-refractivity contribution in [3.63, 3.8) is 0 Å². The van der Waals surface area contributed by atoms with E-state index in [0.717, 1.165) is 30.0 Å². The van der Waals surface area contributed by atoms with Crippen molar-refractivity contribution in [3.05, 3.63) is 17.3 Å². The number of aryl methyl sites for hydroxylation is 1. The number of hydrogen-bond donors (Lipinski definition) is 2. The number of rotatable bonds is 1. The molecular formula is C16H25N3O3. The molecule has 3 rings (SSSR count). The molecule has 1 spiro atoms. The third-order valence-corrected chi connectivity index (χ3v) is 5.33. The topological polar surface area (TPSA) is 78.7 Å². The van der Waals surface area contributed by atoms with Gasteiger partial charge >= 0.3 is 0 Å². The summed E-state index contributed by atoms with van der Waals surface area (Å²) < 4.78 is 5.92. The van der Waals surface area contributed by atoms with Crippen LogP contribution in [-0.2, 0) is 4.74 Å². The first-order chi connectivity index (χ1) is 10.4. The Morgan fingerprint density at radius 1 is 1.27 bits per heavy atom. The summed E-state index contributed by atoms with van der Waals surface area (Å²) in [6, 6.07) is 0. The van der Waals surface area contributed by atoms with Gasteiger partial charge in [0.05, 0.1) is 18.4 Å². The molecule has 6 heteroatoms. The van der Waals surface area contributed by atoms with Gasteiger partial charge in [-0.1, -0.05) is 0 Å². The average Bonchev–Trinajstić information content (AvgIpc) is 2.49. The second-order valence-electron chi connectivity index (χ2n) is 6.89. The average molecular weight is 307 g/mol. The molecule has 3 heterocycles. The van der Waals surface area contributed by atoms with Crippen LogP contribution in [0.3, 0.4) is 0 Å². The van der Waals surface area contributed by atoms with Crippen LogP contribution in [0.1, 0.15) is 37.3 Å². The van der Waals surface area contributed by atoms with Crippen LogP contribution in [0.5, 0.6) is 0 Å². The number of hydrogen-bond acceptors (Lipinski definition) is 6. The Labute approximate surface area is 131 Å². The molecule has 1 aromatic heterocycles. The summed E-state index contributed by atoms with van der Waals surface area (Å²) in [5.74, 6) is 0.909. The van der Waals surface area contributed by atoms with Crippen molar-refractivity contribution in [1.29, 1.82) is 0 Å². The standard InChI is InChI=1S/C16H25N3O3/c1-11-10-17-18-13(12(11)2)19-7-4-16(5-8-19)14(20)15(3,21)6-9-22-16/h10,14,20-21H,4-9H2,1-3H3/t14-,15+/m0/s1. The van der Waals surface area contributed by atoms with Gasteiger partial charge in [0.1, 0.15) is 11.7 Å². The quantitative estimate of drug-likeness (QED) is 0.805. The summed E-state index contributed by atoms with van der Waals surface area (Å²) in [6.45, 7) is 7.76. The van der Waals surface area contributed by atoms with E-state index in [1.165, 1.54) is 0 Å². The SMILES string of the molecule is Cc1cnnc(N2CCC3(CC2)OCC[C@@](C)(O)[C@@H]3O)c1C. The molecule has 0 bridgehead atoms. The first-order valence-electron chi connectivity index (χ1n) is 7.94. The number of aliphatic hydroxyl groups is 2. The van der Waals surface area contributed by atoms with Gasteiger partial charge in [-0.15, -0.1) is 5.10 Å². The zero-order valence-corrected chi connectivity index (χ0v) is 13.5. The highest BCUT2D eigenvalue weighted by Gasteiger charge is 2.52. The Morgan fingerprint density at radius 3 is 2.64 bits per heavy atom. The molecular weight excluding hydrogens is 282 g/mol. The minimum atomic E-state index is -1.07. The number of aliphatic hydroxyl groups excluding tert-OH is 1. The van der Waals surface area contributed by atoms with Crippen LogP contribution in [0.4, 0.5) is 5.82 Å². The second-order valence-corrected chi connectivity index (χ2v) is 6.89. The molecule has 0 radical (unpaired) electrons. The van der Waals surface area contributed by atoms with Gasteiger partial charge in [0.2, 0.25) is 0 Å². The fraction of sp³-hybridized carbons (Fsp3) is 0.750. The summed E-state index contributed by atoms with van der Waals surface area (Å²) in [7, 11) is 0. The Kier molecular flexibility index (Phi) is 3.87. The normalized spacial score (nSPS) is 31.5. The molecule has 2 N–H and O–H groups in total. The Morgan fingerprint density at radius 2 is 1.95 bits per heavy atom. The van der Waals surface area contributed by atoms with Gasteiger partial charge in [-0.25, -0.2) is 0 Å². The third kappa shape index (κ3) is 2.49. The van der Waals surface area contributed by atoms with Gasteiger partial charge < -0.3 is 19.8 Å². The lowest BCUT2D eigenvalue weighted by Crippen LogP contribution is -2.64. The van der Waals surface area contributed by atoms with E-state index in [4.69, 9.17) is 4.74 Å². The first-order valence-corrected chi connectivity index (χ1v) is 7.94. The van der Waals surface area contributed by atoms with Gasteiger partial charge in [-0.3, -0.25) is 0 Å². The lowest BCUT2D eigenvalue weighted by Gasteiger charge is -2.51. The maximum Gasteiger partial charge on any atom is 0.154 e. The van der Waals surface area contributed by atoms with Crippen LogP contribution in [0, 0.1) is 13.8 Å². The summed E-state index contributed by atoms with van der Waals surface area (Å²) in [4.78, 5) is 2.19. The van der Waals surface area contributed by atoms with Crippen molar-refractivity contribution in [1.82, 2.24) is 10.2 Å². The number of piperidine rings is 1. The monoisotopic (exact) mass is 307 g/mol. The molecule has 0 amide bonds. The van der Waals surface area contributed by atoms with E-state index in [1.54, 1.807) is 13.1 Å². The van der Waals surface area contributed by atoms with Crippen molar-refractivity contribution >= 4 is 5.82 Å².